The fourth-order valence-corrected chi connectivity index (χ4v) is 2.75. The van der Waals surface area contributed by atoms with Crippen LogP contribution in [0.2, 0.25) is 0 Å². The van der Waals surface area contributed by atoms with Gasteiger partial charge in [-0.3, -0.25) is 14.3 Å². The van der Waals surface area contributed by atoms with Gasteiger partial charge in [0.25, 0.3) is 0 Å². The highest BCUT2D eigenvalue weighted by atomic mass is 127. The topological polar surface area (TPSA) is 95.3 Å². The molecule has 0 aliphatic carbocycles. The molecule has 1 fully saturated rings. The summed E-state index contributed by atoms with van der Waals surface area (Å²) in [5, 5.41) is 7.39. The van der Waals surface area contributed by atoms with Crippen LogP contribution in [-0.4, -0.2) is 97.4 Å². The smallest absolute Gasteiger partial charge is 0.246 e. The number of nitrogens with one attached hydrogen (secondary N) is 1. The molecule has 2 rings (SSSR count). The molecule has 1 aliphatic heterocycles. The number of ether oxygens (including phenoxy) is 1. The van der Waals surface area contributed by atoms with E-state index in [0.717, 1.165) is 12.1 Å². The van der Waals surface area contributed by atoms with Crippen molar-refractivity contribution in [2.75, 3.05) is 64.9 Å². The first-order valence-corrected chi connectivity index (χ1v) is 9.52. The lowest BCUT2D eigenvalue weighted by Gasteiger charge is -2.35. The zero-order valence-corrected chi connectivity index (χ0v) is 20.0. The highest BCUT2D eigenvalue weighted by Gasteiger charge is 2.27. The van der Waals surface area contributed by atoms with E-state index in [1.165, 1.54) is 4.90 Å². The second-order valence-corrected chi connectivity index (χ2v) is 6.74. The molecule has 1 N–H and O–H groups in total. The number of carbonyl (C=O) groups excluding carboxylic acids is 2. The van der Waals surface area contributed by atoms with Crippen molar-refractivity contribution in [2.24, 2.45) is 12.0 Å². The third-order valence-corrected chi connectivity index (χ3v) is 4.34. The number of carbonyl (C=O) groups is 2. The van der Waals surface area contributed by atoms with Gasteiger partial charge in [0, 0.05) is 60.2 Å². The molecule has 1 aromatic heterocycles. The van der Waals surface area contributed by atoms with Crippen LogP contribution >= 0.6 is 24.0 Å². The largest absolute Gasteiger partial charge is 0.382 e. The Morgan fingerprint density at radius 2 is 2.14 bits per heavy atom. The molecule has 2 amide bonds. The van der Waals surface area contributed by atoms with Crippen LogP contribution in [0.15, 0.2) is 17.4 Å². The van der Waals surface area contributed by atoms with Gasteiger partial charge in [0.1, 0.15) is 13.1 Å². The van der Waals surface area contributed by atoms with Crippen molar-refractivity contribution in [3.63, 3.8) is 0 Å². The van der Waals surface area contributed by atoms with Gasteiger partial charge < -0.3 is 24.8 Å². The lowest BCUT2D eigenvalue weighted by atomic mass is 10.3. The number of anilines is 1. The van der Waals surface area contributed by atoms with Crippen LogP contribution in [0.1, 0.15) is 13.3 Å². The number of rotatable bonds is 8. The van der Waals surface area contributed by atoms with E-state index in [2.05, 4.69) is 15.4 Å². The number of hydrogen-bond acceptors (Lipinski definition) is 5. The summed E-state index contributed by atoms with van der Waals surface area (Å²) < 4.78 is 7.02. The molecule has 0 unspecified atom stereocenters. The summed E-state index contributed by atoms with van der Waals surface area (Å²) in [4.78, 5) is 34.1. The first-order chi connectivity index (χ1) is 13.4. The second-order valence-electron chi connectivity index (χ2n) is 6.74. The predicted octanol–water partition coefficient (Wildman–Crippen LogP) is 0.147. The quantitative estimate of drug-likeness (QED) is 0.227. The Morgan fingerprint density at radius 3 is 2.72 bits per heavy atom. The average molecular weight is 521 g/mol. The number of amides is 2. The van der Waals surface area contributed by atoms with Crippen molar-refractivity contribution in [2.45, 2.75) is 13.3 Å². The fraction of sp³-hybridized carbons (Fsp3) is 0.667. The van der Waals surface area contributed by atoms with E-state index in [1.807, 2.05) is 25.1 Å². The highest BCUT2D eigenvalue weighted by molar-refractivity contribution is 14.0. The minimum absolute atomic E-state index is 0. The number of aryl methyl sites for hydroxylation is 1. The van der Waals surface area contributed by atoms with Crippen LogP contribution in [0.5, 0.6) is 0 Å². The molecule has 1 aromatic rings. The Kier molecular flexibility index (Phi) is 10.9. The predicted molar refractivity (Wildman–Crippen MR) is 123 cm³/mol. The molecular weight excluding hydrogens is 489 g/mol. The van der Waals surface area contributed by atoms with Crippen molar-refractivity contribution in [3.05, 3.63) is 12.4 Å². The van der Waals surface area contributed by atoms with Crippen molar-refractivity contribution in [3.8, 4) is 0 Å². The number of likely N-dealkylation sites (N-methyl/N-ethyl adjacent to an activating group) is 1. The van der Waals surface area contributed by atoms with Gasteiger partial charge in [0.15, 0.2) is 5.96 Å². The molecule has 0 bridgehead atoms. The van der Waals surface area contributed by atoms with Crippen molar-refractivity contribution < 1.29 is 14.3 Å². The van der Waals surface area contributed by atoms with E-state index in [0.29, 0.717) is 38.8 Å². The molecule has 1 aliphatic rings. The summed E-state index contributed by atoms with van der Waals surface area (Å²) >= 11 is 0. The van der Waals surface area contributed by atoms with Crippen LogP contribution in [0, 0.1) is 0 Å². The molecule has 2 heterocycles. The third-order valence-electron chi connectivity index (χ3n) is 4.34. The van der Waals surface area contributed by atoms with Gasteiger partial charge in [-0.25, -0.2) is 4.99 Å². The van der Waals surface area contributed by atoms with Gasteiger partial charge in [-0.1, -0.05) is 0 Å². The Morgan fingerprint density at radius 1 is 1.38 bits per heavy atom. The van der Waals surface area contributed by atoms with Gasteiger partial charge >= 0.3 is 0 Å². The summed E-state index contributed by atoms with van der Waals surface area (Å²) in [5.74, 6) is 0.460. The fourth-order valence-electron chi connectivity index (χ4n) is 2.75. The summed E-state index contributed by atoms with van der Waals surface area (Å²) in [6.45, 7) is 5.34. The van der Waals surface area contributed by atoms with E-state index in [9.17, 15) is 9.59 Å². The zero-order chi connectivity index (χ0) is 20.5. The van der Waals surface area contributed by atoms with E-state index in [4.69, 9.17) is 4.74 Å². The Hall–Kier alpha value is -1.89. The second kappa shape index (κ2) is 12.6. The monoisotopic (exact) mass is 521 g/mol. The summed E-state index contributed by atoms with van der Waals surface area (Å²) in [7, 11) is 5.22. The SMILES string of the molecule is CCOCCCNC(=NCC(=O)N(C)C)N1CCN(c2cnn(C)c2)C(=O)C1.I. The number of piperazine rings is 1. The van der Waals surface area contributed by atoms with E-state index in [-0.39, 0.29) is 48.9 Å². The summed E-state index contributed by atoms with van der Waals surface area (Å²) in [5.41, 5.74) is 0.790. The first kappa shape index (κ1) is 25.1. The maximum Gasteiger partial charge on any atom is 0.246 e. The van der Waals surface area contributed by atoms with E-state index < -0.39 is 0 Å². The van der Waals surface area contributed by atoms with Gasteiger partial charge in [-0.2, -0.15) is 5.10 Å². The van der Waals surface area contributed by atoms with Crippen LogP contribution < -0.4 is 10.2 Å². The third kappa shape index (κ3) is 7.80. The Bertz CT molecular complexity index is 693. The summed E-state index contributed by atoms with van der Waals surface area (Å²) in [6, 6.07) is 0. The minimum atomic E-state index is -0.0889. The number of aliphatic imine (C=N–C) groups is 1. The molecule has 10 nitrogen and oxygen atoms in total. The maximum absolute atomic E-state index is 12.6. The average Bonchev–Trinajstić information content (AvgIpc) is 3.09. The lowest BCUT2D eigenvalue weighted by molar-refractivity contribution is -0.127. The molecule has 164 valence electrons. The molecule has 0 aromatic carbocycles. The van der Waals surface area contributed by atoms with Gasteiger partial charge in [-0.15, -0.1) is 24.0 Å². The molecule has 0 saturated carbocycles. The number of nitrogens with zero attached hydrogens (tertiary/aromatic N) is 6. The molecule has 1 saturated heterocycles. The highest BCUT2D eigenvalue weighted by Crippen LogP contribution is 2.16. The maximum atomic E-state index is 12.6. The molecule has 0 radical (unpaired) electrons. The van der Waals surface area contributed by atoms with Crippen molar-refractivity contribution >= 4 is 47.4 Å². The Balaban J connectivity index is 0.00000420. The van der Waals surface area contributed by atoms with Crippen LogP contribution in [0.4, 0.5) is 5.69 Å². The Labute approximate surface area is 189 Å². The normalized spacial score (nSPS) is 14.6. The van der Waals surface area contributed by atoms with Gasteiger partial charge in [0.05, 0.1) is 11.9 Å². The molecule has 11 heteroatoms. The van der Waals surface area contributed by atoms with Gasteiger partial charge in [0.2, 0.25) is 11.8 Å². The van der Waals surface area contributed by atoms with Gasteiger partial charge in [-0.05, 0) is 13.3 Å². The molecule has 29 heavy (non-hydrogen) atoms. The zero-order valence-electron chi connectivity index (χ0n) is 17.6. The molecular formula is C18H32IN7O3. The summed E-state index contributed by atoms with van der Waals surface area (Å²) in [6.07, 6.45) is 4.33. The van der Waals surface area contributed by atoms with E-state index >= 15 is 0 Å². The number of hydrogen-bond donors (Lipinski definition) is 1. The van der Waals surface area contributed by atoms with Crippen molar-refractivity contribution in [1.82, 2.24) is 24.9 Å². The molecule has 0 spiro atoms. The van der Waals surface area contributed by atoms with Crippen LogP contribution in [0.3, 0.4) is 0 Å². The van der Waals surface area contributed by atoms with E-state index in [1.54, 1.807) is 29.9 Å². The standard InChI is InChI=1S/C18H31N7O3.HI/c1-5-28-10-6-7-19-18(20-12-16(26)22(2)3)24-8-9-25(17(27)14-24)15-11-21-23(4)13-15;/h11,13H,5-10,12,14H2,1-4H3,(H,19,20);1H. The number of halogens is 1. The van der Waals surface area contributed by atoms with Crippen LogP contribution in [-0.2, 0) is 21.4 Å². The first-order valence-electron chi connectivity index (χ1n) is 9.52. The number of aromatic nitrogens is 2. The number of guanidine groups is 1. The minimum Gasteiger partial charge on any atom is -0.382 e. The van der Waals surface area contributed by atoms with Crippen LogP contribution in [0.25, 0.3) is 0 Å². The lowest BCUT2D eigenvalue weighted by Crippen LogP contribution is -2.55. The molecule has 0 atom stereocenters. The van der Waals surface area contributed by atoms with Crippen molar-refractivity contribution in [1.29, 1.82) is 0 Å².